The Labute approximate surface area is 137 Å². The van der Waals surface area contributed by atoms with Gasteiger partial charge in [0.05, 0.1) is 19.3 Å². The number of rotatable bonds is 9. The van der Waals surface area contributed by atoms with E-state index in [0.717, 1.165) is 11.4 Å². The summed E-state index contributed by atoms with van der Waals surface area (Å²) in [5.41, 5.74) is 1.61. The summed E-state index contributed by atoms with van der Waals surface area (Å²) in [5.74, 6) is -2.37. The second-order valence-electron chi connectivity index (χ2n) is 4.95. The molecule has 0 aliphatic rings. The smallest absolute Gasteiger partial charge is 0.323 e. The van der Waals surface area contributed by atoms with Gasteiger partial charge in [0.15, 0.2) is 5.92 Å². The van der Waals surface area contributed by atoms with E-state index < -0.39 is 24.0 Å². The molecule has 1 aromatic heterocycles. The van der Waals surface area contributed by atoms with E-state index in [1.165, 1.54) is 0 Å². The normalized spacial score (nSPS) is 12.0. The van der Waals surface area contributed by atoms with E-state index >= 15 is 0 Å². The number of ether oxygens (including phenoxy) is 3. The van der Waals surface area contributed by atoms with Crippen molar-refractivity contribution >= 4 is 11.9 Å². The Morgan fingerprint density at radius 3 is 2.13 bits per heavy atom. The molecule has 0 N–H and O–H groups in total. The molecular weight excluding hydrogens is 298 g/mol. The van der Waals surface area contributed by atoms with Crippen LogP contribution in [0.1, 0.15) is 32.2 Å². The predicted octanol–water partition coefficient (Wildman–Crippen LogP) is 2.08. The lowest BCUT2D eigenvalue weighted by molar-refractivity contribution is -0.169. The molecule has 128 valence electrons. The minimum atomic E-state index is -1.11. The fourth-order valence-corrected chi connectivity index (χ4v) is 2.27. The molecule has 6 nitrogen and oxygen atoms in total. The molecule has 0 aliphatic heterocycles. The summed E-state index contributed by atoms with van der Waals surface area (Å²) in [7, 11) is 0. The first-order valence-corrected chi connectivity index (χ1v) is 7.90. The number of aromatic nitrogens is 1. The average Bonchev–Trinajstić information content (AvgIpc) is 2.48. The molecule has 0 fully saturated rings. The van der Waals surface area contributed by atoms with Crippen LogP contribution in [0.4, 0.5) is 0 Å². The van der Waals surface area contributed by atoms with Crippen LogP contribution in [-0.2, 0) is 30.2 Å². The van der Waals surface area contributed by atoms with Gasteiger partial charge in [0, 0.05) is 24.4 Å². The molecule has 0 amide bonds. The van der Waals surface area contributed by atoms with Crippen molar-refractivity contribution in [1.82, 2.24) is 4.98 Å². The van der Waals surface area contributed by atoms with Crippen LogP contribution in [-0.4, -0.2) is 42.8 Å². The molecule has 0 saturated heterocycles. The number of esters is 2. The van der Waals surface area contributed by atoms with Gasteiger partial charge in [-0.2, -0.15) is 0 Å². The molecule has 0 bridgehead atoms. The first-order valence-electron chi connectivity index (χ1n) is 7.90. The Morgan fingerprint density at radius 1 is 1.04 bits per heavy atom. The van der Waals surface area contributed by atoms with E-state index in [0.29, 0.717) is 13.0 Å². The van der Waals surface area contributed by atoms with Crippen LogP contribution >= 0.6 is 0 Å². The summed E-state index contributed by atoms with van der Waals surface area (Å²) >= 11 is 0. The summed E-state index contributed by atoms with van der Waals surface area (Å²) in [4.78, 5) is 28.8. The Balaban J connectivity index is 3.02. The van der Waals surface area contributed by atoms with E-state index in [2.05, 4.69) is 4.98 Å². The zero-order valence-corrected chi connectivity index (χ0v) is 14.2. The average molecular weight is 323 g/mol. The fraction of sp³-hybridized carbons (Fsp3) is 0.588. The van der Waals surface area contributed by atoms with Crippen LogP contribution in [0.15, 0.2) is 18.2 Å². The Hall–Kier alpha value is -1.95. The SMILES string of the molecule is CCOC(=O)C(C(=O)OCC)C(Cc1cccc(C)n1)OCC. The summed E-state index contributed by atoms with van der Waals surface area (Å²) in [6, 6.07) is 5.60. The molecule has 0 spiro atoms. The minimum Gasteiger partial charge on any atom is -0.465 e. The third kappa shape index (κ3) is 5.98. The molecule has 1 heterocycles. The molecule has 0 saturated carbocycles. The number of pyridine rings is 1. The van der Waals surface area contributed by atoms with Gasteiger partial charge in [0.1, 0.15) is 0 Å². The number of carbonyl (C=O) groups excluding carboxylic acids is 2. The number of nitrogens with zero attached hydrogens (tertiary/aromatic N) is 1. The van der Waals surface area contributed by atoms with Crippen LogP contribution in [0.5, 0.6) is 0 Å². The van der Waals surface area contributed by atoms with Gasteiger partial charge < -0.3 is 14.2 Å². The van der Waals surface area contributed by atoms with Gasteiger partial charge in [-0.3, -0.25) is 14.6 Å². The maximum absolute atomic E-state index is 12.2. The number of hydrogen-bond donors (Lipinski definition) is 0. The number of aryl methyl sites for hydroxylation is 1. The number of carbonyl (C=O) groups is 2. The van der Waals surface area contributed by atoms with Gasteiger partial charge in [-0.25, -0.2) is 0 Å². The molecule has 1 atom stereocenters. The van der Waals surface area contributed by atoms with Gasteiger partial charge in [0.2, 0.25) is 0 Å². The van der Waals surface area contributed by atoms with E-state index in [1.807, 2.05) is 32.0 Å². The molecule has 0 radical (unpaired) electrons. The van der Waals surface area contributed by atoms with Gasteiger partial charge >= 0.3 is 11.9 Å². The maximum Gasteiger partial charge on any atom is 0.323 e. The van der Waals surface area contributed by atoms with E-state index in [-0.39, 0.29) is 13.2 Å². The molecule has 1 unspecified atom stereocenters. The Bertz CT molecular complexity index is 499. The first-order chi connectivity index (χ1) is 11.0. The van der Waals surface area contributed by atoms with Crippen molar-refractivity contribution in [3.8, 4) is 0 Å². The second-order valence-corrected chi connectivity index (χ2v) is 4.95. The second kappa shape index (κ2) is 9.94. The van der Waals surface area contributed by atoms with Crippen molar-refractivity contribution in [2.45, 2.75) is 40.2 Å². The monoisotopic (exact) mass is 323 g/mol. The van der Waals surface area contributed by atoms with Crippen LogP contribution in [0, 0.1) is 12.8 Å². The highest BCUT2D eigenvalue weighted by Crippen LogP contribution is 2.18. The maximum atomic E-state index is 12.2. The molecular formula is C17H25NO5. The van der Waals surface area contributed by atoms with E-state index in [9.17, 15) is 9.59 Å². The topological polar surface area (TPSA) is 74.7 Å². The summed E-state index contributed by atoms with van der Waals surface area (Å²) in [6.07, 6.45) is -0.343. The number of hydrogen-bond acceptors (Lipinski definition) is 6. The molecule has 23 heavy (non-hydrogen) atoms. The van der Waals surface area contributed by atoms with Crippen LogP contribution in [0.25, 0.3) is 0 Å². The quantitative estimate of drug-likeness (QED) is 0.512. The van der Waals surface area contributed by atoms with E-state index in [4.69, 9.17) is 14.2 Å². The lowest BCUT2D eigenvalue weighted by Gasteiger charge is -2.24. The van der Waals surface area contributed by atoms with Crippen molar-refractivity contribution in [2.24, 2.45) is 5.92 Å². The Kier molecular flexibility index (Phi) is 8.26. The lowest BCUT2D eigenvalue weighted by Crippen LogP contribution is -2.40. The van der Waals surface area contributed by atoms with Gasteiger partial charge in [-0.1, -0.05) is 6.07 Å². The largest absolute Gasteiger partial charge is 0.465 e. The van der Waals surface area contributed by atoms with Crippen molar-refractivity contribution in [3.05, 3.63) is 29.6 Å². The van der Waals surface area contributed by atoms with E-state index in [1.54, 1.807) is 13.8 Å². The molecule has 0 aromatic carbocycles. The molecule has 0 aliphatic carbocycles. The predicted molar refractivity (Wildman–Crippen MR) is 84.8 cm³/mol. The van der Waals surface area contributed by atoms with Crippen molar-refractivity contribution < 1.29 is 23.8 Å². The fourth-order valence-electron chi connectivity index (χ4n) is 2.27. The van der Waals surface area contributed by atoms with Gasteiger partial charge in [-0.15, -0.1) is 0 Å². The summed E-state index contributed by atoms with van der Waals surface area (Å²) < 4.78 is 15.7. The molecule has 1 aromatic rings. The third-order valence-corrected chi connectivity index (χ3v) is 3.19. The lowest BCUT2D eigenvalue weighted by atomic mass is 9.97. The van der Waals surface area contributed by atoms with Crippen LogP contribution in [0.3, 0.4) is 0 Å². The highest BCUT2D eigenvalue weighted by atomic mass is 16.6. The van der Waals surface area contributed by atoms with Crippen LogP contribution in [0.2, 0.25) is 0 Å². The van der Waals surface area contributed by atoms with Gasteiger partial charge in [-0.05, 0) is 39.8 Å². The van der Waals surface area contributed by atoms with Crippen LogP contribution < -0.4 is 0 Å². The standard InChI is InChI=1S/C17H25NO5/c1-5-21-14(11-13-10-8-9-12(4)18-13)15(16(19)22-6-2)17(20)23-7-3/h8-10,14-15H,5-7,11H2,1-4H3. The summed E-state index contributed by atoms with van der Waals surface area (Å²) in [6.45, 7) is 7.82. The summed E-state index contributed by atoms with van der Waals surface area (Å²) in [5, 5.41) is 0. The van der Waals surface area contributed by atoms with Crippen molar-refractivity contribution in [3.63, 3.8) is 0 Å². The van der Waals surface area contributed by atoms with Crippen molar-refractivity contribution in [1.29, 1.82) is 0 Å². The third-order valence-electron chi connectivity index (χ3n) is 3.19. The first kappa shape index (κ1) is 19.1. The highest BCUT2D eigenvalue weighted by Gasteiger charge is 2.38. The molecule has 6 heteroatoms. The molecule has 1 rings (SSSR count). The Morgan fingerprint density at radius 2 is 1.65 bits per heavy atom. The zero-order valence-electron chi connectivity index (χ0n) is 14.2. The minimum absolute atomic E-state index is 0.191. The van der Waals surface area contributed by atoms with Crippen molar-refractivity contribution in [2.75, 3.05) is 19.8 Å². The highest BCUT2D eigenvalue weighted by molar-refractivity contribution is 5.95. The zero-order chi connectivity index (χ0) is 17.2. The van der Waals surface area contributed by atoms with Gasteiger partial charge in [0.25, 0.3) is 0 Å².